The van der Waals surface area contributed by atoms with Crippen molar-refractivity contribution >= 4 is 85.0 Å². The van der Waals surface area contributed by atoms with Crippen LogP contribution in [0.25, 0.3) is 22.1 Å². The minimum Gasteiger partial charge on any atom is -0.444 e. The van der Waals surface area contributed by atoms with Gasteiger partial charge in [-0.2, -0.15) is 10.2 Å². The summed E-state index contributed by atoms with van der Waals surface area (Å²) in [6, 6.07) is 0.0582. The highest BCUT2D eigenvalue weighted by molar-refractivity contribution is 14.1. The summed E-state index contributed by atoms with van der Waals surface area (Å²) in [7, 11) is 0. The van der Waals surface area contributed by atoms with Gasteiger partial charge in [0.15, 0.2) is 11.3 Å². The molecule has 216 valence electrons. The number of aromatic nitrogens is 8. The Labute approximate surface area is 258 Å². The lowest BCUT2D eigenvalue weighted by Crippen LogP contribution is -2.35. The number of nitrogens with one attached hydrogen (secondary N) is 1. The van der Waals surface area contributed by atoms with Gasteiger partial charge in [-0.3, -0.25) is 5.10 Å². The van der Waals surface area contributed by atoms with Crippen LogP contribution in [-0.4, -0.2) is 80.8 Å². The fourth-order valence-corrected chi connectivity index (χ4v) is 5.78. The minimum absolute atomic E-state index is 0.0463. The number of amides is 1. The Morgan fingerprint density at radius 1 is 1.05 bits per heavy atom. The molecule has 6 rings (SSSR count). The van der Waals surface area contributed by atoms with Gasteiger partial charge in [0, 0.05) is 13.1 Å². The number of fused-ring (bicyclic) bond motifs is 2. The van der Waals surface area contributed by atoms with Crippen molar-refractivity contribution < 1.29 is 14.6 Å². The second-order valence-electron chi connectivity index (χ2n) is 10.5. The smallest absolute Gasteiger partial charge is 0.410 e. The van der Waals surface area contributed by atoms with Crippen LogP contribution >= 0.6 is 45.2 Å². The molecule has 14 nitrogen and oxygen atoms in total. The summed E-state index contributed by atoms with van der Waals surface area (Å²) in [5.74, 6) is 0.890. The third kappa shape index (κ3) is 7.36. The van der Waals surface area contributed by atoms with Crippen LogP contribution in [0.1, 0.15) is 58.9 Å². The van der Waals surface area contributed by atoms with E-state index in [-0.39, 0.29) is 18.2 Å². The number of aromatic amines is 1. The van der Waals surface area contributed by atoms with Gasteiger partial charge >= 0.3 is 6.09 Å². The Morgan fingerprint density at radius 3 is 2.30 bits per heavy atom. The van der Waals surface area contributed by atoms with Crippen molar-refractivity contribution in [3.8, 4) is 0 Å². The number of hydrogen-bond donors (Lipinski definition) is 4. The Morgan fingerprint density at radius 2 is 1.70 bits per heavy atom. The molecule has 1 saturated carbocycles. The summed E-state index contributed by atoms with van der Waals surface area (Å²) in [6.45, 7) is 6.77. The molecular formula is C24H33I2N11O3. The van der Waals surface area contributed by atoms with Gasteiger partial charge in [-0.15, -0.1) is 0 Å². The number of hydrogen-bond acceptors (Lipinski definition) is 11. The Bertz CT molecular complexity index is 1460. The molecule has 16 heteroatoms. The van der Waals surface area contributed by atoms with E-state index < -0.39 is 5.60 Å². The zero-order valence-corrected chi connectivity index (χ0v) is 26.8. The van der Waals surface area contributed by atoms with Crippen molar-refractivity contribution in [2.24, 2.45) is 0 Å². The van der Waals surface area contributed by atoms with Crippen LogP contribution in [0.15, 0.2) is 12.7 Å². The number of ether oxygens (including phenoxy) is 1. The van der Waals surface area contributed by atoms with E-state index in [2.05, 4.69) is 80.4 Å². The van der Waals surface area contributed by atoms with Crippen molar-refractivity contribution in [1.29, 1.82) is 0 Å². The van der Waals surface area contributed by atoms with Gasteiger partial charge < -0.3 is 26.2 Å². The monoisotopic (exact) mass is 777 g/mol. The molecule has 1 aliphatic carbocycles. The van der Waals surface area contributed by atoms with Crippen LogP contribution in [0.5, 0.6) is 0 Å². The molecule has 40 heavy (non-hydrogen) atoms. The number of carbonyl (C=O) groups is 1. The van der Waals surface area contributed by atoms with Crippen LogP contribution in [0.3, 0.4) is 0 Å². The molecular weight excluding hydrogens is 744 g/mol. The van der Waals surface area contributed by atoms with Gasteiger partial charge in [0.1, 0.15) is 37.3 Å². The van der Waals surface area contributed by atoms with Crippen molar-refractivity contribution in [1.82, 2.24) is 44.8 Å². The summed E-state index contributed by atoms with van der Waals surface area (Å²) in [6.07, 6.45) is 7.95. The van der Waals surface area contributed by atoms with Crippen LogP contribution in [-0.2, 0) is 4.74 Å². The number of anilines is 2. The van der Waals surface area contributed by atoms with Crippen LogP contribution in [0.4, 0.5) is 16.4 Å². The number of H-pyrrole nitrogens is 1. The lowest BCUT2D eigenvalue weighted by Gasteiger charge is -2.24. The van der Waals surface area contributed by atoms with E-state index in [1.165, 1.54) is 25.5 Å². The topological polar surface area (TPSA) is 200 Å². The van der Waals surface area contributed by atoms with Crippen LogP contribution in [0, 0.1) is 7.40 Å². The van der Waals surface area contributed by atoms with Crippen molar-refractivity contribution in [3.63, 3.8) is 0 Å². The highest BCUT2D eigenvalue weighted by Gasteiger charge is 2.32. The third-order valence-electron chi connectivity index (χ3n) is 6.30. The maximum atomic E-state index is 12.2. The zero-order chi connectivity index (χ0) is 29.0. The normalized spacial score (nSPS) is 17.4. The average Bonchev–Trinajstić information content (AvgIpc) is 3.68. The second-order valence-corrected chi connectivity index (χ2v) is 12.6. The molecule has 2 aliphatic rings. The molecule has 1 amide bonds. The maximum Gasteiger partial charge on any atom is 0.410 e. The SMILES string of the molecule is CC(C)(C)OC(=O)N1CC[C@@H](n2nc(I)c3c(N)ncnc32)C1.Nc1ncnc2n[nH]c(I)c12.OC1CCCC1. The summed E-state index contributed by atoms with van der Waals surface area (Å²) >= 11 is 4.23. The van der Waals surface area contributed by atoms with Gasteiger partial charge in [0.25, 0.3) is 0 Å². The first kappa shape index (κ1) is 30.4. The van der Waals surface area contributed by atoms with E-state index in [4.69, 9.17) is 21.3 Å². The fraction of sp³-hybridized carbons (Fsp3) is 0.542. The number of nitrogens with two attached hydrogens (primary N) is 2. The van der Waals surface area contributed by atoms with Gasteiger partial charge in [-0.05, 0) is 85.2 Å². The Balaban J connectivity index is 0.000000177. The molecule has 2 fully saturated rings. The summed E-state index contributed by atoms with van der Waals surface area (Å²) in [4.78, 5) is 30.0. The molecule has 1 aliphatic heterocycles. The molecule has 0 spiro atoms. The highest BCUT2D eigenvalue weighted by atomic mass is 127. The van der Waals surface area contributed by atoms with E-state index in [0.717, 1.165) is 37.4 Å². The number of carbonyl (C=O) groups excluding carboxylic acids is 1. The lowest BCUT2D eigenvalue weighted by molar-refractivity contribution is 0.0288. The highest BCUT2D eigenvalue weighted by Crippen LogP contribution is 2.29. The first-order valence-corrected chi connectivity index (χ1v) is 15.0. The zero-order valence-electron chi connectivity index (χ0n) is 22.5. The molecule has 1 saturated heterocycles. The number of rotatable bonds is 1. The molecule has 0 bridgehead atoms. The van der Waals surface area contributed by atoms with Crippen molar-refractivity contribution in [3.05, 3.63) is 20.1 Å². The molecule has 4 aromatic rings. The average molecular weight is 777 g/mol. The standard InChI is InChI=1S/C14H19IN6O2.C5H4IN5.C5H10O/c1-14(2,3)23-13(22)20-5-4-8(6-20)21-12-9(10(15)19-21)11(16)17-7-18-12;6-3-2-4(7)8-1-9-5(2)11-10-3;6-5-3-1-2-4-5/h7-8H,4-6H2,1-3H3,(H2,16,17,18);1H,(H3,7,8,9,10,11);5-6H,1-4H2/t8-;;/m1../s1. The van der Waals surface area contributed by atoms with Gasteiger partial charge in [-0.1, -0.05) is 12.8 Å². The number of aliphatic hydroxyl groups excluding tert-OH is 1. The number of nitrogens with zero attached hydrogens (tertiary/aromatic N) is 8. The predicted molar refractivity (Wildman–Crippen MR) is 167 cm³/mol. The summed E-state index contributed by atoms with van der Waals surface area (Å²) < 4.78 is 8.92. The summed E-state index contributed by atoms with van der Waals surface area (Å²) in [5, 5.41) is 21.5. The van der Waals surface area contributed by atoms with Crippen molar-refractivity contribution in [2.75, 3.05) is 24.6 Å². The summed E-state index contributed by atoms with van der Waals surface area (Å²) in [5.41, 5.74) is 12.3. The molecule has 0 radical (unpaired) electrons. The molecule has 5 heterocycles. The Kier molecular flexibility index (Phi) is 9.80. The van der Waals surface area contributed by atoms with Gasteiger partial charge in [0.2, 0.25) is 0 Å². The first-order valence-electron chi connectivity index (χ1n) is 12.8. The van der Waals surface area contributed by atoms with E-state index >= 15 is 0 Å². The quantitative estimate of drug-likeness (QED) is 0.206. The predicted octanol–water partition coefficient (Wildman–Crippen LogP) is 3.66. The molecule has 1 atom stereocenters. The second kappa shape index (κ2) is 12.9. The molecule has 0 unspecified atom stereocenters. The number of nitrogen functional groups attached to an aromatic ring is 2. The van der Waals surface area contributed by atoms with E-state index in [9.17, 15) is 4.79 Å². The Hall–Kier alpha value is -2.61. The van der Waals surface area contributed by atoms with E-state index in [1.54, 1.807) is 4.90 Å². The van der Waals surface area contributed by atoms with E-state index in [0.29, 0.717) is 36.0 Å². The lowest BCUT2D eigenvalue weighted by atomic mass is 10.2. The number of halogens is 2. The fourth-order valence-electron chi connectivity index (χ4n) is 4.39. The molecule has 0 aromatic carbocycles. The van der Waals surface area contributed by atoms with Crippen LogP contribution < -0.4 is 11.5 Å². The van der Waals surface area contributed by atoms with E-state index in [1.807, 2.05) is 25.5 Å². The van der Waals surface area contributed by atoms with Crippen LogP contribution in [0.2, 0.25) is 0 Å². The van der Waals surface area contributed by atoms with Crippen molar-refractivity contribution in [2.45, 2.75) is 70.6 Å². The molecule has 4 aromatic heterocycles. The maximum absolute atomic E-state index is 12.2. The third-order valence-corrected chi connectivity index (χ3v) is 7.83. The number of aliphatic hydroxyl groups is 1. The van der Waals surface area contributed by atoms with Gasteiger partial charge in [0.05, 0.1) is 22.9 Å². The largest absolute Gasteiger partial charge is 0.444 e. The molecule has 6 N–H and O–H groups in total. The first-order chi connectivity index (χ1) is 18.9. The number of likely N-dealkylation sites (tertiary alicyclic amines) is 1. The minimum atomic E-state index is -0.495. The van der Waals surface area contributed by atoms with Gasteiger partial charge in [-0.25, -0.2) is 29.4 Å².